The van der Waals surface area contributed by atoms with Crippen LogP contribution in [0.1, 0.15) is 22.7 Å². The van der Waals surface area contributed by atoms with Crippen LogP contribution < -0.4 is 5.32 Å². The molecule has 0 aliphatic rings. The second kappa shape index (κ2) is 6.09. The number of likely N-dealkylation sites (N-methyl/N-ethyl adjacent to an activating group) is 1. The Labute approximate surface area is 116 Å². The lowest BCUT2D eigenvalue weighted by Crippen LogP contribution is -2.18. The molecule has 1 atom stereocenters. The molecule has 4 heteroatoms. The highest BCUT2D eigenvalue weighted by Crippen LogP contribution is 2.29. The highest BCUT2D eigenvalue weighted by atomic mass is 19.4. The monoisotopic (exact) mass is 279 g/mol. The maximum atomic E-state index is 12.5. The van der Waals surface area contributed by atoms with Crippen LogP contribution in [-0.4, -0.2) is 7.05 Å². The lowest BCUT2D eigenvalue weighted by molar-refractivity contribution is -0.137. The summed E-state index contributed by atoms with van der Waals surface area (Å²) in [5.74, 6) is 0. The Bertz CT molecular complexity index is 532. The van der Waals surface area contributed by atoms with Crippen LogP contribution in [0, 0.1) is 0 Å². The van der Waals surface area contributed by atoms with Crippen molar-refractivity contribution in [1.29, 1.82) is 0 Å². The molecular weight excluding hydrogens is 263 g/mol. The number of benzene rings is 2. The first kappa shape index (κ1) is 14.6. The number of hydrogen-bond donors (Lipinski definition) is 1. The van der Waals surface area contributed by atoms with Gasteiger partial charge in [0.1, 0.15) is 0 Å². The molecule has 0 saturated heterocycles. The number of halogens is 3. The summed E-state index contributed by atoms with van der Waals surface area (Å²) in [7, 11) is 1.85. The topological polar surface area (TPSA) is 12.0 Å². The van der Waals surface area contributed by atoms with Crippen molar-refractivity contribution in [1.82, 2.24) is 5.32 Å². The zero-order valence-electron chi connectivity index (χ0n) is 11.1. The third-order valence-electron chi connectivity index (χ3n) is 3.27. The molecule has 2 aromatic rings. The molecule has 0 spiro atoms. The minimum Gasteiger partial charge on any atom is -0.313 e. The highest BCUT2D eigenvalue weighted by molar-refractivity contribution is 5.27. The van der Waals surface area contributed by atoms with E-state index in [4.69, 9.17) is 0 Å². The van der Waals surface area contributed by atoms with Crippen LogP contribution in [0.25, 0.3) is 0 Å². The van der Waals surface area contributed by atoms with Gasteiger partial charge in [0.25, 0.3) is 0 Å². The van der Waals surface area contributed by atoms with Crippen LogP contribution >= 0.6 is 0 Å². The average molecular weight is 279 g/mol. The second-order valence-corrected chi connectivity index (χ2v) is 4.65. The predicted octanol–water partition coefficient (Wildman–Crippen LogP) is 4.21. The lowest BCUT2D eigenvalue weighted by Gasteiger charge is -2.17. The van der Waals surface area contributed by atoms with E-state index in [1.54, 1.807) is 0 Å². The van der Waals surface area contributed by atoms with Gasteiger partial charge >= 0.3 is 6.18 Å². The third-order valence-corrected chi connectivity index (χ3v) is 3.27. The molecule has 1 nitrogen and oxygen atoms in total. The van der Waals surface area contributed by atoms with Crippen LogP contribution in [0.5, 0.6) is 0 Å². The van der Waals surface area contributed by atoms with E-state index in [-0.39, 0.29) is 6.04 Å². The molecule has 0 radical (unpaired) electrons. The van der Waals surface area contributed by atoms with E-state index in [0.29, 0.717) is 6.42 Å². The van der Waals surface area contributed by atoms with E-state index in [0.717, 1.165) is 23.3 Å². The Morgan fingerprint density at radius 2 is 1.55 bits per heavy atom. The van der Waals surface area contributed by atoms with Gasteiger partial charge in [-0.15, -0.1) is 0 Å². The third kappa shape index (κ3) is 3.61. The van der Waals surface area contributed by atoms with Crippen LogP contribution in [0.4, 0.5) is 13.2 Å². The van der Waals surface area contributed by atoms with Gasteiger partial charge in [0.15, 0.2) is 0 Å². The summed E-state index contributed by atoms with van der Waals surface area (Å²) in [6.45, 7) is 0. The lowest BCUT2D eigenvalue weighted by atomic mass is 9.98. The van der Waals surface area contributed by atoms with Crippen molar-refractivity contribution in [2.24, 2.45) is 0 Å². The molecule has 0 fully saturated rings. The van der Waals surface area contributed by atoms with E-state index in [2.05, 4.69) is 5.32 Å². The van der Waals surface area contributed by atoms with E-state index in [1.165, 1.54) is 12.1 Å². The summed E-state index contributed by atoms with van der Waals surface area (Å²) in [6.07, 6.45) is -3.63. The first-order chi connectivity index (χ1) is 9.50. The predicted molar refractivity (Wildman–Crippen MR) is 73.4 cm³/mol. The van der Waals surface area contributed by atoms with Gasteiger partial charge in [-0.2, -0.15) is 13.2 Å². The highest BCUT2D eigenvalue weighted by Gasteiger charge is 2.29. The molecule has 0 amide bonds. The fourth-order valence-corrected chi connectivity index (χ4v) is 2.14. The molecular formula is C16H16F3N. The Balaban J connectivity index is 2.13. The van der Waals surface area contributed by atoms with Crippen LogP contribution in [0.15, 0.2) is 54.6 Å². The summed E-state index contributed by atoms with van der Waals surface area (Å²) in [4.78, 5) is 0. The number of rotatable bonds is 4. The summed E-state index contributed by atoms with van der Waals surface area (Å²) >= 11 is 0. The molecule has 0 saturated carbocycles. The summed E-state index contributed by atoms with van der Waals surface area (Å²) < 4.78 is 37.5. The smallest absolute Gasteiger partial charge is 0.313 e. The minimum absolute atomic E-state index is 0.0907. The van der Waals surface area contributed by atoms with Crippen molar-refractivity contribution >= 4 is 0 Å². The molecule has 0 heterocycles. The SMILES string of the molecule is CNC(Cc1ccc(C(F)(F)F)cc1)c1ccccc1. The second-order valence-electron chi connectivity index (χ2n) is 4.65. The molecule has 0 bridgehead atoms. The normalized spacial score (nSPS) is 13.2. The first-order valence-electron chi connectivity index (χ1n) is 6.39. The molecule has 2 rings (SSSR count). The maximum absolute atomic E-state index is 12.5. The quantitative estimate of drug-likeness (QED) is 0.884. The van der Waals surface area contributed by atoms with Gasteiger partial charge in [-0.3, -0.25) is 0 Å². The Hall–Kier alpha value is -1.81. The number of hydrogen-bond acceptors (Lipinski definition) is 1. The van der Waals surface area contributed by atoms with Gasteiger partial charge in [-0.1, -0.05) is 42.5 Å². The largest absolute Gasteiger partial charge is 0.416 e. The molecule has 0 aliphatic carbocycles. The Morgan fingerprint density at radius 1 is 0.950 bits per heavy atom. The zero-order chi connectivity index (χ0) is 14.6. The van der Waals surface area contributed by atoms with Crippen molar-refractivity contribution in [3.63, 3.8) is 0 Å². The van der Waals surface area contributed by atoms with Crippen LogP contribution in [-0.2, 0) is 12.6 Å². The fraction of sp³-hybridized carbons (Fsp3) is 0.250. The summed E-state index contributed by atoms with van der Waals surface area (Å²) in [6, 6.07) is 15.3. The van der Waals surface area contributed by atoms with Gasteiger partial charge < -0.3 is 5.32 Å². The Kier molecular flexibility index (Phi) is 4.45. The van der Waals surface area contributed by atoms with Gasteiger partial charge in [-0.05, 0) is 36.7 Å². The number of nitrogens with one attached hydrogen (secondary N) is 1. The van der Waals surface area contributed by atoms with Crippen molar-refractivity contribution in [2.75, 3.05) is 7.05 Å². The molecule has 0 aliphatic heterocycles. The van der Waals surface area contributed by atoms with Crippen molar-refractivity contribution in [3.05, 3.63) is 71.3 Å². The van der Waals surface area contributed by atoms with E-state index < -0.39 is 11.7 Å². The number of alkyl halides is 3. The first-order valence-corrected chi connectivity index (χ1v) is 6.39. The summed E-state index contributed by atoms with van der Waals surface area (Å²) in [5, 5.41) is 3.19. The molecule has 0 aromatic heterocycles. The maximum Gasteiger partial charge on any atom is 0.416 e. The average Bonchev–Trinajstić information content (AvgIpc) is 2.45. The van der Waals surface area contributed by atoms with Crippen LogP contribution in [0.2, 0.25) is 0 Å². The van der Waals surface area contributed by atoms with Crippen molar-refractivity contribution in [2.45, 2.75) is 18.6 Å². The van der Waals surface area contributed by atoms with E-state index >= 15 is 0 Å². The molecule has 2 aromatic carbocycles. The van der Waals surface area contributed by atoms with Gasteiger partial charge in [-0.25, -0.2) is 0 Å². The zero-order valence-corrected chi connectivity index (χ0v) is 11.1. The molecule has 20 heavy (non-hydrogen) atoms. The molecule has 1 unspecified atom stereocenters. The molecule has 106 valence electrons. The van der Waals surface area contributed by atoms with Gasteiger partial charge in [0, 0.05) is 6.04 Å². The standard InChI is InChI=1S/C16H16F3N/c1-20-15(13-5-3-2-4-6-13)11-12-7-9-14(10-8-12)16(17,18)19/h2-10,15,20H,11H2,1H3. The fourth-order valence-electron chi connectivity index (χ4n) is 2.14. The minimum atomic E-state index is -4.28. The van der Waals surface area contributed by atoms with E-state index in [1.807, 2.05) is 37.4 Å². The Morgan fingerprint density at radius 3 is 2.05 bits per heavy atom. The van der Waals surface area contributed by atoms with Crippen molar-refractivity contribution < 1.29 is 13.2 Å². The van der Waals surface area contributed by atoms with Gasteiger partial charge in [0.05, 0.1) is 5.56 Å². The molecule has 1 N–H and O–H groups in total. The summed E-state index contributed by atoms with van der Waals surface area (Å²) in [5.41, 5.74) is 1.39. The van der Waals surface area contributed by atoms with Crippen LogP contribution in [0.3, 0.4) is 0 Å². The van der Waals surface area contributed by atoms with E-state index in [9.17, 15) is 13.2 Å². The van der Waals surface area contributed by atoms with Gasteiger partial charge in [0.2, 0.25) is 0 Å². The van der Waals surface area contributed by atoms with Crippen molar-refractivity contribution in [3.8, 4) is 0 Å².